The summed E-state index contributed by atoms with van der Waals surface area (Å²) in [6.45, 7) is 0. The van der Waals surface area contributed by atoms with Crippen molar-refractivity contribution in [3.8, 4) is 0 Å². The van der Waals surface area contributed by atoms with Gasteiger partial charge in [0.15, 0.2) is 11.5 Å². The molecule has 3 rings (SSSR count). The molecule has 8 heteroatoms. The summed E-state index contributed by atoms with van der Waals surface area (Å²) >= 11 is 0. The fourth-order valence-corrected chi connectivity index (χ4v) is 2.65. The van der Waals surface area contributed by atoms with E-state index in [1.54, 1.807) is 12.1 Å². The van der Waals surface area contributed by atoms with Crippen LogP contribution in [0, 0.1) is 0 Å². The van der Waals surface area contributed by atoms with Crippen LogP contribution >= 0.6 is 0 Å². The summed E-state index contributed by atoms with van der Waals surface area (Å²) < 4.78 is 37.3. The van der Waals surface area contributed by atoms with Crippen molar-refractivity contribution in [1.82, 2.24) is 9.97 Å². The number of hydrogen-bond donors (Lipinski definition) is 2. The van der Waals surface area contributed by atoms with Gasteiger partial charge in [-0.1, -0.05) is 6.07 Å². The van der Waals surface area contributed by atoms with Crippen LogP contribution in [0.3, 0.4) is 0 Å². The molecule has 126 valence electrons. The lowest BCUT2D eigenvalue weighted by Gasteiger charge is -2.21. The summed E-state index contributed by atoms with van der Waals surface area (Å²) in [6.07, 6.45) is -0.640. The Morgan fingerprint density at radius 2 is 2.00 bits per heavy atom. The minimum absolute atomic E-state index is 0.0345. The zero-order valence-corrected chi connectivity index (χ0v) is 12.6. The average Bonchev–Trinajstić information content (AvgIpc) is 2.54. The van der Waals surface area contributed by atoms with Gasteiger partial charge in [0.2, 0.25) is 0 Å². The molecule has 5 nitrogen and oxygen atoms in total. The highest BCUT2D eigenvalue weighted by Gasteiger charge is 2.32. The van der Waals surface area contributed by atoms with Crippen molar-refractivity contribution in [1.29, 1.82) is 0 Å². The summed E-state index contributed by atoms with van der Waals surface area (Å²) in [5.41, 5.74) is 7.43. The Bertz CT molecular complexity index is 759. The molecule has 1 aromatic carbocycles. The minimum atomic E-state index is -4.56. The lowest BCUT2D eigenvalue weighted by molar-refractivity contribution is -0.141. The smallest absolute Gasteiger partial charge is 0.327 e. The Morgan fingerprint density at radius 3 is 2.67 bits per heavy atom. The number of carbonyl (C=O) groups excluding carboxylic acids is 1. The molecule has 0 saturated heterocycles. The number of alkyl halides is 3. The Kier molecular flexibility index (Phi) is 4.23. The second-order valence-corrected chi connectivity index (χ2v) is 5.73. The van der Waals surface area contributed by atoms with Gasteiger partial charge in [-0.25, -0.2) is 9.97 Å². The topological polar surface area (TPSA) is 80.9 Å². The number of benzene rings is 1. The van der Waals surface area contributed by atoms with Crippen LogP contribution < -0.4 is 11.1 Å². The largest absolute Gasteiger partial charge is 0.434 e. The molecule has 0 bridgehead atoms. The molecule has 1 aromatic heterocycles. The first-order valence-electron chi connectivity index (χ1n) is 7.41. The van der Waals surface area contributed by atoms with Crippen LogP contribution in [0.5, 0.6) is 0 Å². The van der Waals surface area contributed by atoms with E-state index in [1.807, 2.05) is 6.07 Å². The molecule has 0 radical (unpaired) electrons. The maximum atomic E-state index is 12.4. The molecular formula is C16H15F3N4O. The van der Waals surface area contributed by atoms with E-state index in [9.17, 15) is 18.0 Å². The SMILES string of the molecule is NC1CCc2cc(C(=O)Nc3cnc(C(F)(F)F)cn3)ccc2C1. The molecule has 0 saturated carbocycles. The van der Waals surface area contributed by atoms with Crippen LogP contribution in [0.1, 0.15) is 33.6 Å². The van der Waals surface area contributed by atoms with Crippen molar-refractivity contribution >= 4 is 11.7 Å². The first-order chi connectivity index (χ1) is 11.3. The lowest BCUT2D eigenvalue weighted by atomic mass is 9.87. The van der Waals surface area contributed by atoms with E-state index in [2.05, 4.69) is 15.3 Å². The molecule has 1 atom stereocenters. The standard InChI is InChI=1S/C16H15F3N4O/c17-16(18,19)13-7-22-14(8-21-13)23-15(24)11-2-1-10-6-12(20)4-3-9(10)5-11/h1-2,5,7-8,12H,3-4,6,20H2,(H,22,23,24). The molecule has 2 aromatic rings. The monoisotopic (exact) mass is 336 g/mol. The first-order valence-corrected chi connectivity index (χ1v) is 7.41. The highest BCUT2D eigenvalue weighted by Crippen LogP contribution is 2.27. The van der Waals surface area contributed by atoms with E-state index in [1.165, 1.54) is 0 Å². The molecule has 1 unspecified atom stereocenters. The van der Waals surface area contributed by atoms with Crippen molar-refractivity contribution in [2.24, 2.45) is 5.73 Å². The fraction of sp³-hybridized carbons (Fsp3) is 0.312. The molecule has 1 amide bonds. The normalized spacial score (nSPS) is 17.2. The van der Waals surface area contributed by atoms with Gasteiger partial charge in [0.25, 0.3) is 5.91 Å². The van der Waals surface area contributed by atoms with Gasteiger partial charge in [0.1, 0.15) is 0 Å². The van der Waals surface area contributed by atoms with Gasteiger partial charge in [-0.05, 0) is 42.5 Å². The zero-order chi connectivity index (χ0) is 17.3. The summed E-state index contributed by atoms with van der Waals surface area (Å²) in [5, 5.41) is 2.45. The number of nitrogens with zero attached hydrogens (tertiary/aromatic N) is 2. The van der Waals surface area contributed by atoms with Gasteiger partial charge >= 0.3 is 6.18 Å². The van der Waals surface area contributed by atoms with Gasteiger partial charge in [-0.3, -0.25) is 4.79 Å². The lowest BCUT2D eigenvalue weighted by Crippen LogP contribution is -2.28. The van der Waals surface area contributed by atoms with Crippen molar-refractivity contribution in [3.63, 3.8) is 0 Å². The quantitative estimate of drug-likeness (QED) is 0.883. The van der Waals surface area contributed by atoms with Crippen molar-refractivity contribution in [2.45, 2.75) is 31.5 Å². The number of hydrogen-bond acceptors (Lipinski definition) is 4. The molecule has 24 heavy (non-hydrogen) atoms. The number of aryl methyl sites for hydroxylation is 1. The Hall–Kier alpha value is -2.48. The van der Waals surface area contributed by atoms with Crippen LogP contribution in [-0.2, 0) is 19.0 Å². The molecule has 0 fully saturated rings. The molecular weight excluding hydrogens is 321 g/mol. The van der Waals surface area contributed by atoms with E-state index in [0.29, 0.717) is 11.8 Å². The van der Waals surface area contributed by atoms with E-state index in [-0.39, 0.29) is 11.9 Å². The Morgan fingerprint density at radius 1 is 1.21 bits per heavy atom. The minimum Gasteiger partial charge on any atom is -0.327 e. The second-order valence-electron chi connectivity index (χ2n) is 5.73. The van der Waals surface area contributed by atoms with Gasteiger partial charge in [0.05, 0.1) is 12.4 Å². The summed E-state index contributed by atoms with van der Waals surface area (Å²) in [4.78, 5) is 19.1. The molecule has 3 N–H and O–H groups in total. The number of amides is 1. The number of carbonyl (C=O) groups is 1. The highest BCUT2D eigenvalue weighted by atomic mass is 19.4. The maximum absolute atomic E-state index is 12.4. The number of fused-ring (bicyclic) bond motifs is 1. The Labute approximate surface area is 136 Å². The molecule has 1 heterocycles. The molecule has 1 aliphatic carbocycles. The van der Waals surface area contributed by atoms with Crippen LogP contribution in [-0.4, -0.2) is 21.9 Å². The van der Waals surface area contributed by atoms with E-state index < -0.39 is 17.8 Å². The number of aromatic nitrogens is 2. The predicted molar refractivity (Wildman–Crippen MR) is 81.4 cm³/mol. The van der Waals surface area contributed by atoms with Crippen LogP contribution in [0.25, 0.3) is 0 Å². The first kappa shape index (κ1) is 16.4. The number of anilines is 1. The second kappa shape index (κ2) is 6.20. The average molecular weight is 336 g/mol. The van der Waals surface area contributed by atoms with Crippen molar-refractivity contribution < 1.29 is 18.0 Å². The Balaban J connectivity index is 1.73. The predicted octanol–water partition coefficient (Wildman–Crippen LogP) is 2.56. The van der Waals surface area contributed by atoms with Crippen LogP contribution in [0.2, 0.25) is 0 Å². The fourth-order valence-electron chi connectivity index (χ4n) is 2.65. The van der Waals surface area contributed by atoms with Crippen molar-refractivity contribution in [2.75, 3.05) is 5.32 Å². The number of nitrogens with one attached hydrogen (secondary N) is 1. The number of halogens is 3. The van der Waals surface area contributed by atoms with Gasteiger partial charge in [-0.2, -0.15) is 13.2 Å². The molecule has 1 aliphatic rings. The van der Waals surface area contributed by atoms with E-state index in [4.69, 9.17) is 5.73 Å². The summed E-state index contributed by atoms with van der Waals surface area (Å²) in [6, 6.07) is 5.46. The maximum Gasteiger partial charge on any atom is 0.434 e. The summed E-state index contributed by atoms with van der Waals surface area (Å²) in [7, 11) is 0. The third kappa shape index (κ3) is 3.53. The number of rotatable bonds is 2. The third-order valence-corrected chi connectivity index (χ3v) is 3.92. The van der Waals surface area contributed by atoms with E-state index >= 15 is 0 Å². The van der Waals surface area contributed by atoms with Gasteiger partial charge in [0, 0.05) is 11.6 Å². The third-order valence-electron chi connectivity index (χ3n) is 3.92. The van der Waals surface area contributed by atoms with Crippen molar-refractivity contribution in [3.05, 3.63) is 53.0 Å². The van der Waals surface area contributed by atoms with Gasteiger partial charge in [-0.15, -0.1) is 0 Å². The summed E-state index contributed by atoms with van der Waals surface area (Å²) in [5.74, 6) is -0.477. The van der Waals surface area contributed by atoms with Crippen LogP contribution in [0.4, 0.5) is 19.0 Å². The van der Waals surface area contributed by atoms with Gasteiger partial charge < -0.3 is 11.1 Å². The van der Waals surface area contributed by atoms with Crippen LogP contribution in [0.15, 0.2) is 30.6 Å². The highest BCUT2D eigenvalue weighted by molar-refractivity contribution is 6.03. The zero-order valence-electron chi connectivity index (χ0n) is 12.6. The van der Waals surface area contributed by atoms with E-state index in [0.717, 1.165) is 36.6 Å². The number of nitrogens with two attached hydrogens (primary N) is 1. The molecule has 0 spiro atoms. The molecule has 0 aliphatic heterocycles.